The Bertz CT molecular complexity index is 1140. The van der Waals surface area contributed by atoms with Crippen LogP contribution >= 0.6 is 0 Å². The number of alkyl halides is 2. The van der Waals surface area contributed by atoms with Crippen LogP contribution in [0.4, 0.5) is 18.9 Å². The quantitative estimate of drug-likeness (QED) is 0.669. The molecule has 0 aliphatic carbocycles. The fraction of sp³-hybridized carbons (Fsp3) is 0.318. The van der Waals surface area contributed by atoms with E-state index in [-0.39, 0.29) is 18.1 Å². The minimum absolute atomic E-state index is 0.0484. The fourth-order valence-electron chi connectivity index (χ4n) is 3.99. The van der Waals surface area contributed by atoms with Crippen LogP contribution in [0.15, 0.2) is 48.7 Å². The van der Waals surface area contributed by atoms with Crippen LogP contribution in [-0.2, 0) is 9.59 Å². The second-order valence-corrected chi connectivity index (χ2v) is 7.69. The summed E-state index contributed by atoms with van der Waals surface area (Å²) in [7, 11) is 0. The molecule has 1 fully saturated rings. The molecule has 3 aromatic rings. The number of hydrogen-bond donors (Lipinski definition) is 1. The number of benzene rings is 2. The highest BCUT2D eigenvalue weighted by Crippen LogP contribution is 2.32. The van der Waals surface area contributed by atoms with Gasteiger partial charge in [-0.25, -0.2) is 9.07 Å². The smallest absolute Gasteiger partial charge is 0.321 e. The second kappa shape index (κ2) is 7.72. The zero-order valence-electron chi connectivity index (χ0n) is 17.0. The number of nitrogens with one attached hydrogen (secondary N) is 1. The van der Waals surface area contributed by atoms with Gasteiger partial charge in [-0.2, -0.15) is 13.9 Å². The second-order valence-electron chi connectivity index (χ2n) is 7.69. The van der Waals surface area contributed by atoms with Crippen molar-refractivity contribution >= 4 is 28.4 Å². The fourth-order valence-corrected chi connectivity index (χ4v) is 3.99. The summed E-state index contributed by atoms with van der Waals surface area (Å²) in [5.41, 5.74) is 2.06. The first-order chi connectivity index (χ1) is 14.7. The number of aromatic nitrogens is 2. The van der Waals surface area contributed by atoms with Crippen molar-refractivity contribution in [3.8, 4) is 5.69 Å². The molecule has 2 heterocycles. The van der Waals surface area contributed by atoms with Gasteiger partial charge in [-0.15, -0.1) is 0 Å². The Labute approximate surface area is 176 Å². The Hall–Kier alpha value is -3.36. The molecule has 0 bridgehead atoms. The molecule has 6 nitrogen and oxygen atoms in total. The van der Waals surface area contributed by atoms with E-state index < -0.39 is 23.9 Å². The lowest BCUT2D eigenvalue weighted by atomic mass is 10.1. The van der Waals surface area contributed by atoms with E-state index in [1.807, 2.05) is 6.92 Å². The predicted octanol–water partition coefficient (Wildman–Crippen LogP) is 3.82. The first-order valence-corrected chi connectivity index (χ1v) is 9.93. The number of rotatable bonds is 5. The lowest BCUT2D eigenvalue weighted by Crippen LogP contribution is -2.49. The number of anilines is 1. The first-order valence-electron chi connectivity index (χ1n) is 9.93. The van der Waals surface area contributed by atoms with Crippen LogP contribution in [0, 0.1) is 5.82 Å². The third kappa shape index (κ3) is 3.87. The molecule has 2 atom stereocenters. The molecule has 1 saturated heterocycles. The Morgan fingerprint density at radius 2 is 1.87 bits per heavy atom. The summed E-state index contributed by atoms with van der Waals surface area (Å²) < 4.78 is 41.5. The van der Waals surface area contributed by atoms with Crippen LogP contribution in [-0.4, -0.2) is 39.6 Å². The van der Waals surface area contributed by atoms with Gasteiger partial charge >= 0.3 is 5.92 Å². The van der Waals surface area contributed by atoms with E-state index in [1.165, 1.54) is 12.1 Å². The van der Waals surface area contributed by atoms with Gasteiger partial charge in [0, 0.05) is 24.4 Å². The van der Waals surface area contributed by atoms with Crippen molar-refractivity contribution < 1.29 is 22.8 Å². The van der Waals surface area contributed by atoms with Crippen molar-refractivity contribution in [2.24, 2.45) is 0 Å². The first kappa shape index (κ1) is 20.9. The van der Waals surface area contributed by atoms with E-state index in [0.29, 0.717) is 24.7 Å². The van der Waals surface area contributed by atoms with E-state index in [9.17, 15) is 22.8 Å². The van der Waals surface area contributed by atoms with E-state index in [4.69, 9.17) is 0 Å². The maximum Gasteiger partial charge on any atom is 0.321 e. The average molecular weight is 430 g/mol. The third-order valence-corrected chi connectivity index (χ3v) is 5.49. The summed E-state index contributed by atoms with van der Waals surface area (Å²) in [4.78, 5) is 26.0. The zero-order valence-corrected chi connectivity index (χ0v) is 17.0. The highest BCUT2D eigenvalue weighted by Gasteiger charge is 2.43. The van der Waals surface area contributed by atoms with Crippen molar-refractivity contribution in [3.63, 3.8) is 0 Å². The Morgan fingerprint density at radius 3 is 2.52 bits per heavy atom. The van der Waals surface area contributed by atoms with Crippen LogP contribution in [0.1, 0.15) is 26.7 Å². The molecule has 4 rings (SSSR count). The van der Waals surface area contributed by atoms with Gasteiger partial charge in [0.15, 0.2) is 0 Å². The SMILES string of the molecule is CC[C@@H]1[C@@H](NC(=O)C(C)(F)F)CC(=O)N1c1ccc2c(cnn2-c2ccc(F)cc2)c1. The summed E-state index contributed by atoms with van der Waals surface area (Å²) in [5, 5.41) is 7.43. The highest BCUT2D eigenvalue weighted by atomic mass is 19.3. The van der Waals surface area contributed by atoms with Gasteiger partial charge in [0.25, 0.3) is 5.91 Å². The van der Waals surface area contributed by atoms with Gasteiger partial charge in [-0.05, 0) is 48.9 Å². The van der Waals surface area contributed by atoms with Crippen molar-refractivity contribution in [1.82, 2.24) is 15.1 Å². The van der Waals surface area contributed by atoms with E-state index in [2.05, 4.69) is 10.4 Å². The Morgan fingerprint density at radius 1 is 1.19 bits per heavy atom. The lowest BCUT2D eigenvalue weighted by Gasteiger charge is -2.28. The van der Waals surface area contributed by atoms with E-state index >= 15 is 0 Å². The van der Waals surface area contributed by atoms with Crippen molar-refractivity contribution in [2.45, 2.75) is 44.7 Å². The normalized spacial score (nSPS) is 19.3. The largest absolute Gasteiger partial charge is 0.346 e. The molecule has 1 aliphatic rings. The molecule has 1 aromatic heterocycles. The van der Waals surface area contributed by atoms with Gasteiger partial charge in [0.1, 0.15) is 5.82 Å². The molecule has 162 valence electrons. The van der Waals surface area contributed by atoms with Crippen LogP contribution in [0.25, 0.3) is 16.6 Å². The molecular weight excluding hydrogens is 409 g/mol. The number of carbonyl (C=O) groups excluding carboxylic acids is 2. The maximum absolute atomic E-state index is 13.3. The molecule has 0 radical (unpaired) electrons. The standard InChI is InChI=1S/C22H21F3N4O2/c1-3-18-17(27-21(31)22(2,24)25)11-20(30)28(18)16-8-9-19-13(10-16)12-26-29(19)15-6-4-14(23)5-7-15/h4-10,12,17-18H,3,11H2,1-2H3,(H,27,31)/t17-,18+/m0/s1. The zero-order chi connectivity index (χ0) is 22.3. The van der Waals surface area contributed by atoms with Gasteiger partial charge in [0.05, 0.1) is 29.5 Å². The predicted molar refractivity (Wildman–Crippen MR) is 110 cm³/mol. The molecule has 31 heavy (non-hydrogen) atoms. The van der Waals surface area contributed by atoms with Crippen LogP contribution < -0.4 is 10.2 Å². The molecule has 1 N–H and O–H groups in total. The maximum atomic E-state index is 13.3. The minimum Gasteiger partial charge on any atom is -0.346 e. The average Bonchev–Trinajstić information content (AvgIpc) is 3.27. The number of halogens is 3. The minimum atomic E-state index is -3.51. The molecule has 0 spiro atoms. The molecule has 2 aromatic carbocycles. The van der Waals surface area contributed by atoms with Crippen LogP contribution in [0.5, 0.6) is 0 Å². The number of carbonyl (C=O) groups is 2. The van der Waals surface area contributed by atoms with Crippen LogP contribution in [0.2, 0.25) is 0 Å². The van der Waals surface area contributed by atoms with Gasteiger partial charge in [-0.3, -0.25) is 9.59 Å². The topological polar surface area (TPSA) is 67.2 Å². The van der Waals surface area contributed by atoms with Crippen LogP contribution in [0.3, 0.4) is 0 Å². The van der Waals surface area contributed by atoms with Gasteiger partial charge in [0.2, 0.25) is 5.91 Å². The number of hydrogen-bond acceptors (Lipinski definition) is 3. The highest BCUT2D eigenvalue weighted by molar-refractivity contribution is 6.00. The number of amides is 2. The van der Waals surface area contributed by atoms with Gasteiger partial charge < -0.3 is 10.2 Å². The number of fused-ring (bicyclic) bond motifs is 1. The summed E-state index contributed by atoms with van der Waals surface area (Å²) in [6, 6.07) is 10.1. The number of nitrogens with zero attached hydrogens (tertiary/aromatic N) is 3. The summed E-state index contributed by atoms with van der Waals surface area (Å²) >= 11 is 0. The summed E-state index contributed by atoms with van der Waals surface area (Å²) in [5.74, 6) is -5.49. The molecule has 0 unspecified atom stereocenters. The Kier molecular flexibility index (Phi) is 5.20. The summed E-state index contributed by atoms with van der Waals surface area (Å²) in [6.45, 7) is 2.37. The molecule has 0 saturated carbocycles. The van der Waals surface area contributed by atoms with Crippen molar-refractivity contribution in [2.75, 3.05) is 4.90 Å². The third-order valence-electron chi connectivity index (χ3n) is 5.49. The van der Waals surface area contributed by atoms with Gasteiger partial charge in [-0.1, -0.05) is 6.92 Å². The molecular formula is C22H21F3N4O2. The summed E-state index contributed by atoms with van der Waals surface area (Å²) in [6.07, 6.45) is 2.08. The van der Waals surface area contributed by atoms with Crippen molar-refractivity contribution in [3.05, 3.63) is 54.5 Å². The van der Waals surface area contributed by atoms with E-state index in [0.717, 1.165) is 10.9 Å². The Balaban J connectivity index is 1.64. The molecule has 9 heteroatoms. The van der Waals surface area contributed by atoms with E-state index in [1.54, 1.807) is 46.1 Å². The lowest BCUT2D eigenvalue weighted by molar-refractivity contribution is -0.143. The van der Waals surface area contributed by atoms with Crippen molar-refractivity contribution in [1.29, 1.82) is 0 Å². The molecule has 1 aliphatic heterocycles. The molecule has 2 amide bonds. The monoisotopic (exact) mass is 430 g/mol.